The predicted molar refractivity (Wildman–Crippen MR) is 212 cm³/mol. The Hall–Kier alpha value is -5.92. The number of hydrogen-bond acceptors (Lipinski definition) is 1. The molecule has 1 nitrogen and oxygen atoms in total. The van der Waals surface area contributed by atoms with Crippen LogP contribution in [0.2, 0.25) is 0 Å². The molecule has 1 unspecified atom stereocenters. The fourth-order valence-corrected chi connectivity index (χ4v) is 8.45. The van der Waals surface area contributed by atoms with E-state index in [0.29, 0.717) is 5.92 Å². The van der Waals surface area contributed by atoms with Crippen LogP contribution in [0, 0.1) is 0 Å². The zero-order chi connectivity index (χ0) is 33.7. The monoisotopic (exact) mass is 641 g/mol. The average molecular weight is 642 g/mol. The van der Waals surface area contributed by atoms with Crippen molar-refractivity contribution in [3.63, 3.8) is 0 Å². The first-order valence-corrected chi connectivity index (χ1v) is 17.7. The summed E-state index contributed by atoms with van der Waals surface area (Å²) in [5.74, 6) is 0.419. The van der Waals surface area contributed by atoms with E-state index in [1.807, 2.05) is 0 Å². The summed E-state index contributed by atoms with van der Waals surface area (Å²) < 4.78 is 0. The van der Waals surface area contributed by atoms with Crippen molar-refractivity contribution in [2.24, 2.45) is 0 Å². The molecule has 50 heavy (non-hydrogen) atoms. The van der Waals surface area contributed by atoms with Gasteiger partial charge in [0.05, 0.1) is 5.69 Å². The van der Waals surface area contributed by atoms with Crippen LogP contribution in [-0.4, -0.2) is 0 Å². The third kappa shape index (κ3) is 5.01. The summed E-state index contributed by atoms with van der Waals surface area (Å²) in [5.41, 5.74) is 15.3. The fourth-order valence-electron chi connectivity index (χ4n) is 8.45. The molecule has 2 aliphatic rings. The Morgan fingerprint density at radius 3 is 1.98 bits per heavy atom. The lowest BCUT2D eigenvalue weighted by Gasteiger charge is -2.34. The van der Waals surface area contributed by atoms with Gasteiger partial charge in [-0.25, -0.2) is 0 Å². The number of rotatable bonds is 6. The van der Waals surface area contributed by atoms with Crippen LogP contribution >= 0.6 is 0 Å². The molecule has 1 heteroatoms. The minimum atomic E-state index is -0.0286. The molecule has 7 aromatic rings. The van der Waals surface area contributed by atoms with Crippen LogP contribution in [0.3, 0.4) is 0 Å². The van der Waals surface area contributed by atoms with Crippen LogP contribution < -0.4 is 4.90 Å². The zero-order valence-corrected chi connectivity index (χ0v) is 28.6. The Balaban J connectivity index is 1.19. The lowest BCUT2D eigenvalue weighted by Crippen LogP contribution is -2.23. The molecule has 2 aliphatic carbocycles. The molecule has 0 spiro atoms. The highest BCUT2D eigenvalue weighted by Gasteiger charge is 2.42. The summed E-state index contributed by atoms with van der Waals surface area (Å²) >= 11 is 0. The van der Waals surface area contributed by atoms with Gasteiger partial charge >= 0.3 is 0 Å². The van der Waals surface area contributed by atoms with Gasteiger partial charge in [-0.2, -0.15) is 0 Å². The Morgan fingerprint density at radius 2 is 1.18 bits per heavy atom. The minimum Gasteiger partial charge on any atom is -0.310 e. The lowest BCUT2D eigenvalue weighted by molar-refractivity contribution is 0.609. The molecule has 0 N–H and O–H groups in total. The topological polar surface area (TPSA) is 3.24 Å². The maximum absolute atomic E-state index is 2.49. The average Bonchev–Trinajstić information content (AvgIpc) is 3.41. The summed E-state index contributed by atoms with van der Waals surface area (Å²) in [6.45, 7) is 4.79. The highest BCUT2D eigenvalue weighted by atomic mass is 15.1. The van der Waals surface area contributed by atoms with Gasteiger partial charge in [0.2, 0.25) is 0 Å². The lowest BCUT2D eigenvalue weighted by atomic mass is 9.78. The van der Waals surface area contributed by atoms with Crippen LogP contribution in [0.5, 0.6) is 0 Å². The van der Waals surface area contributed by atoms with Gasteiger partial charge in [-0.1, -0.05) is 177 Å². The van der Waals surface area contributed by atoms with E-state index < -0.39 is 0 Å². The molecule has 0 saturated heterocycles. The van der Waals surface area contributed by atoms with E-state index in [-0.39, 0.29) is 5.41 Å². The number of nitrogens with zero attached hydrogens (tertiary/aromatic N) is 1. The molecule has 0 amide bonds. The van der Waals surface area contributed by atoms with Crippen LogP contribution in [0.15, 0.2) is 193 Å². The largest absolute Gasteiger partial charge is 0.310 e. The summed E-state index contributed by atoms with van der Waals surface area (Å²) in [6, 6.07) is 61.9. The Kier molecular flexibility index (Phi) is 7.36. The highest BCUT2D eigenvalue weighted by molar-refractivity contribution is 6.04. The van der Waals surface area contributed by atoms with Gasteiger partial charge in [-0.05, 0) is 80.4 Å². The van der Waals surface area contributed by atoms with Crippen molar-refractivity contribution in [2.45, 2.75) is 31.6 Å². The van der Waals surface area contributed by atoms with Gasteiger partial charge in [-0.3, -0.25) is 0 Å². The van der Waals surface area contributed by atoms with Crippen molar-refractivity contribution in [1.82, 2.24) is 0 Å². The van der Waals surface area contributed by atoms with E-state index >= 15 is 0 Å². The molecular formula is C49H39N. The van der Waals surface area contributed by atoms with Crippen molar-refractivity contribution < 1.29 is 0 Å². The summed E-state index contributed by atoms with van der Waals surface area (Å²) in [4.78, 5) is 2.48. The van der Waals surface area contributed by atoms with Crippen molar-refractivity contribution in [1.29, 1.82) is 0 Å². The van der Waals surface area contributed by atoms with Crippen LogP contribution in [-0.2, 0) is 5.41 Å². The molecule has 9 rings (SSSR count). The Morgan fingerprint density at radius 1 is 0.540 bits per heavy atom. The third-order valence-corrected chi connectivity index (χ3v) is 10.9. The second-order valence-corrected chi connectivity index (χ2v) is 14.1. The normalized spacial score (nSPS) is 15.9. The summed E-state index contributed by atoms with van der Waals surface area (Å²) in [6.07, 6.45) is 5.93. The van der Waals surface area contributed by atoms with E-state index in [1.165, 1.54) is 72.2 Å². The number of para-hydroxylation sites is 1. The van der Waals surface area contributed by atoms with Crippen LogP contribution in [0.4, 0.5) is 11.4 Å². The van der Waals surface area contributed by atoms with Gasteiger partial charge in [0.25, 0.3) is 0 Å². The van der Waals surface area contributed by atoms with Crippen molar-refractivity contribution in [3.8, 4) is 33.4 Å². The Bertz CT molecular complexity index is 2410. The quantitative estimate of drug-likeness (QED) is 0.175. The molecule has 0 aromatic heterocycles. The molecule has 1 atom stereocenters. The third-order valence-electron chi connectivity index (χ3n) is 10.9. The molecule has 0 radical (unpaired) electrons. The van der Waals surface area contributed by atoms with E-state index in [0.717, 1.165) is 12.1 Å². The SMILES string of the molecule is CC1(C)C2=CC(N(c3ccc(-c4ccc5ccccc5c4-c4ccccc4)cc3)c3ccccc3-c3ccccc3)=CCC2c2ccccc21. The first-order valence-electron chi connectivity index (χ1n) is 17.7. The maximum Gasteiger partial charge on any atom is 0.0539 e. The van der Waals surface area contributed by atoms with Crippen molar-refractivity contribution in [2.75, 3.05) is 4.90 Å². The Labute approximate surface area is 295 Å². The molecule has 0 aliphatic heterocycles. The van der Waals surface area contributed by atoms with Gasteiger partial charge in [0, 0.05) is 28.3 Å². The van der Waals surface area contributed by atoms with Crippen molar-refractivity contribution >= 4 is 22.1 Å². The maximum atomic E-state index is 2.49. The predicted octanol–water partition coefficient (Wildman–Crippen LogP) is 13.3. The second-order valence-electron chi connectivity index (χ2n) is 14.1. The minimum absolute atomic E-state index is 0.0286. The second kappa shape index (κ2) is 12.2. The number of allylic oxidation sites excluding steroid dienone is 3. The van der Waals surface area contributed by atoms with Gasteiger partial charge < -0.3 is 4.90 Å². The number of anilines is 2. The highest BCUT2D eigenvalue weighted by Crippen LogP contribution is 2.54. The smallest absolute Gasteiger partial charge is 0.0539 e. The molecule has 0 bridgehead atoms. The van der Waals surface area contributed by atoms with Crippen LogP contribution in [0.1, 0.15) is 37.3 Å². The van der Waals surface area contributed by atoms with E-state index in [4.69, 9.17) is 0 Å². The van der Waals surface area contributed by atoms with E-state index in [9.17, 15) is 0 Å². The summed E-state index contributed by atoms with van der Waals surface area (Å²) in [7, 11) is 0. The first-order chi connectivity index (χ1) is 24.6. The van der Waals surface area contributed by atoms with E-state index in [2.05, 4.69) is 201 Å². The molecule has 0 heterocycles. The molecule has 0 saturated carbocycles. The molecular weight excluding hydrogens is 603 g/mol. The van der Waals surface area contributed by atoms with Crippen LogP contribution in [0.25, 0.3) is 44.2 Å². The molecule has 240 valence electrons. The van der Waals surface area contributed by atoms with Gasteiger partial charge in [0.15, 0.2) is 0 Å². The number of hydrogen-bond donors (Lipinski definition) is 0. The fraction of sp³-hybridized carbons (Fsp3) is 0.102. The summed E-state index contributed by atoms with van der Waals surface area (Å²) in [5, 5.41) is 2.52. The zero-order valence-electron chi connectivity index (χ0n) is 28.6. The van der Waals surface area contributed by atoms with Gasteiger partial charge in [0.1, 0.15) is 0 Å². The number of benzene rings is 7. The van der Waals surface area contributed by atoms with E-state index in [1.54, 1.807) is 0 Å². The molecule has 7 aromatic carbocycles. The van der Waals surface area contributed by atoms with Crippen molar-refractivity contribution in [3.05, 3.63) is 204 Å². The van der Waals surface area contributed by atoms with Gasteiger partial charge in [-0.15, -0.1) is 0 Å². The first kappa shape index (κ1) is 30.2. The standard InChI is InChI=1S/C49H39N/c1-49(2)45-23-13-11-22-43(45)44-32-30-39(33-46(44)49)50(47-24-14-12-20-40(47)34-15-5-3-6-16-34)38-28-25-36(26-29-38)42-31-27-35-17-9-10-21-41(35)48(42)37-18-7-4-8-19-37/h3-31,33,44H,32H2,1-2H3. The molecule has 0 fully saturated rings. The number of fused-ring (bicyclic) bond motifs is 4.